The number of anilines is 1. The lowest BCUT2D eigenvalue weighted by Gasteiger charge is -2.22. The van der Waals surface area contributed by atoms with Gasteiger partial charge in [-0.05, 0) is 55.2 Å². The van der Waals surface area contributed by atoms with Crippen molar-refractivity contribution in [1.82, 2.24) is 15.5 Å². The third-order valence-electron chi connectivity index (χ3n) is 5.92. The van der Waals surface area contributed by atoms with Gasteiger partial charge in [0.2, 0.25) is 5.91 Å². The number of amides is 1. The number of hydrogen-bond acceptors (Lipinski definition) is 4. The molecule has 0 radical (unpaired) electrons. The number of hydrogen-bond donors (Lipinski definition) is 2. The van der Waals surface area contributed by atoms with E-state index in [0.717, 1.165) is 28.2 Å². The van der Waals surface area contributed by atoms with Crippen molar-refractivity contribution in [1.29, 1.82) is 0 Å². The molecule has 0 aliphatic rings. The number of carbonyl (C=O) groups is 1. The van der Waals surface area contributed by atoms with Crippen LogP contribution in [0.15, 0.2) is 91.0 Å². The molecule has 5 nitrogen and oxygen atoms in total. The molecule has 5 heteroatoms. The van der Waals surface area contributed by atoms with Crippen LogP contribution in [0.1, 0.15) is 41.3 Å². The average Bonchev–Trinajstić information content (AvgIpc) is 2.86. The quantitative estimate of drug-likeness (QED) is 0.354. The molecular weight excluding hydrogens is 420 g/mol. The molecule has 3 aromatic carbocycles. The molecule has 1 aromatic heterocycles. The molecule has 4 aromatic rings. The first-order valence-electron chi connectivity index (χ1n) is 11.6. The molecule has 0 bridgehead atoms. The SMILES string of the molecule is Cc1ccc([C@@H](C)CN[C@@H](C(=O)Nc2ccc(-c3ccc(C)nn3)cc2)c2ccccc2)cc1. The monoisotopic (exact) mass is 450 g/mol. The van der Waals surface area contributed by atoms with Gasteiger partial charge in [-0.1, -0.05) is 79.2 Å². The van der Waals surface area contributed by atoms with Crippen molar-refractivity contribution in [2.75, 3.05) is 11.9 Å². The number of aromatic nitrogens is 2. The summed E-state index contributed by atoms with van der Waals surface area (Å²) in [5.74, 6) is 0.180. The van der Waals surface area contributed by atoms with Gasteiger partial charge in [0.1, 0.15) is 6.04 Å². The van der Waals surface area contributed by atoms with Gasteiger partial charge < -0.3 is 10.6 Å². The highest BCUT2D eigenvalue weighted by Crippen LogP contribution is 2.22. The summed E-state index contributed by atoms with van der Waals surface area (Å²) in [5, 5.41) is 14.9. The Balaban J connectivity index is 1.46. The Morgan fingerprint density at radius 3 is 2.15 bits per heavy atom. The second kappa shape index (κ2) is 10.9. The molecule has 0 spiro atoms. The number of nitrogens with zero attached hydrogens (tertiary/aromatic N) is 2. The lowest BCUT2D eigenvalue weighted by atomic mass is 9.98. The number of carbonyl (C=O) groups excluding carboxylic acids is 1. The number of benzene rings is 3. The zero-order valence-corrected chi connectivity index (χ0v) is 19.8. The van der Waals surface area contributed by atoms with E-state index in [4.69, 9.17) is 0 Å². The Morgan fingerprint density at radius 2 is 1.50 bits per heavy atom. The van der Waals surface area contributed by atoms with E-state index >= 15 is 0 Å². The average molecular weight is 451 g/mol. The molecule has 2 N–H and O–H groups in total. The van der Waals surface area contributed by atoms with Gasteiger partial charge in [-0.3, -0.25) is 4.79 Å². The fraction of sp³-hybridized carbons (Fsp3) is 0.207. The predicted octanol–water partition coefficient (Wildman–Crippen LogP) is 5.83. The lowest BCUT2D eigenvalue weighted by Crippen LogP contribution is -2.35. The first kappa shape index (κ1) is 23.3. The summed E-state index contributed by atoms with van der Waals surface area (Å²) in [6.07, 6.45) is 0. The highest BCUT2D eigenvalue weighted by atomic mass is 16.2. The minimum Gasteiger partial charge on any atom is -0.324 e. The summed E-state index contributed by atoms with van der Waals surface area (Å²) in [4.78, 5) is 13.3. The van der Waals surface area contributed by atoms with E-state index in [9.17, 15) is 4.79 Å². The van der Waals surface area contributed by atoms with Crippen LogP contribution in [0.3, 0.4) is 0 Å². The predicted molar refractivity (Wildman–Crippen MR) is 138 cm³/mol. The van der Waals surface area contributed by atoms with Crippen LogP contribution in [0.5, 0.6) is 0 Å². The highest BCUT2D eigenvalue weighted by Gasteiger charge is 2.21. The van der Waals surface area contributed by atoms with Crippen molar-refractivity contribution in [3.8, 4) is 11.3 Å². The highest BCUT2D eigenvalue weighted by molar-refractivity contribution is 5.95. The van der Waals surface area contributed by atoms with E-state index in [-0.39, 0.29) is 11.8 Å². The van der Waals surface area contributed by atoms with Gasteiger partial charge in [0, 0.05) is 17.8 Å². The Morgan fingerprint density at radius 1 is 0.794 bits per heavy atom. The molecule has 0 aliphatic carbocycles. The molecule has 1 amide bonds. The second-order valence-corrected chi connectivity index (χ2v) is 8.69. The molecule has 0 unspecified atom stereocenters. The molecule has 172 valence electrons. The standard InChI is InChI=1S/C29H30N4O/c1-20-9-12-23(13-10-20)21(2)19-30-28(25-7-5-4-6-8-25)29(34)31-26-16-14-24(15-17-26)27-18-11-22(3)32-33-27/h4-18,21,28,30H,19H2,1-3H3,(H,31,34)/t21-,28+/m0/s1. The molecule has 0 aliphatic heterocycles. The van der Waals surface area contributed by atoms with Crippen LogP contribution in [-0.4, -0.2) is 22.6 Å². The van der Waals surface area contributed by atoms with Gasteiger partial charge in [0.05, 0.1) is 11.4 Å². The Kier molecular flexibility index (Phi) is 7.45. The van der Waals surface area contributed by atoms with Crippen molar-refractivity contribution in [2.24, 2.45) is 0 Å². The third-order valence-corrected chi connectivity index (χ3v) is 5.92. The summed E-state index contributed by atoms with van der Waals surface area (Å²) in [7, 11) is 0. The molecule has 1 heterocycles. The van der Waals surface area contributed by atoms with Gasteiger partial charge in [0.25, 0.3) is 0 Å². The molecule has 0 saturated carbocycles. The molecule has 0 saturated heterocycles. The topological polar surface area (TPSA) is 66.9 Å². The molecule has 34 heavy (non-hydrogen) atoms. The Hall–Kier alpha value is -3.83. The first-order chi connectivity index (χ1) is 16.5. The van der Waals surface area contributed by atoms with Gasteiger partial charge in [-0.25, -0.2) is 0 Å². The van der Waals surface area contributed by atoms with Gasteiger partial charge >= 0.3 is 0 Å². The third kappa shape index (κ3) is 5.94. The van der Waals surface area contributed by atoms with Crippen LogP contribution < -0.4 is 10.6 Å². The normalized spacial score (nSPS) is 12.7. The molecular formula is C29H30N4O. The minimum atomic E-state index is -0.461. The Labute approximate surface area is 201 Å². The summed E-state index contributed by atoms with van der Waals surface area (Å²) in [6, 6.07) is 29.5. The van der Waals surface area contributed by atoms with Crippen LogP contribution >= 0.6 is 0 Å². The van der Waals surface area contributed by atoms with E-state index in [1.165, 1.54) is 11.1 Å². The number of nitrogens with one attached hydrogen (secondary N) is 2. The maximum atomic E-state index is 13.3. The largest absolute Gasteiger partial charge is 0.324 e. The van der Waals surface area contributed by atoms with E-state index < -0.39 is 6.04 Å². The first-order valence-corrected chi connectivity index (χ1v) is 11.6. The maximum absolute atomic E-state index is 13.3. The molecule has 0 fully saturated rings. The zero-order valence-electron chi connectivity index (χ0n) is 19.8. The number of aryl methyl sites for hydroxylation is 2. The van der Waals surface area contributed by atoms with Crippen LogP contribution in [-0.2, 0) is 4.79 Å². The van der Waals surface area contributed by atoms with Crippen molar-refractivity contribution in [3.05, 3.63) is 113 Å². The second-order valence-electron chi connectivity index (χ2n) is 8.69. The van der Waals surface area contributed by atoms with E-state index in [0.29, 0.717) is 6.54 Å². The fourth-order valence-corrected chi connectivity index (χ4v) is 3.81. The number of rotatable bonds is 8. The van der Waals surface area contributed by atoms with Gasteiger partial charge in [-0.15, -0.1) is 0 Å². The van der Waals surface area contributed by atoms with Crippen LogP contribution in [0.2, 0.25) is 0 Å². The van der Waals surface area contributed by atoms with Crippen LogP contribution in [0, 0.1) is 13.8 Å². The van der Waals surface area contributed by atoms with E-state index in [1.807, 2.05) is 73.7 Å². The Bertz CT molecular complexity index is 1200. The summed E-state index contributed by atoms with van der Waals surface area (Å²) in [6.45, 7) is 6.85. The summed E-state index contributed by atoms with van der Waals surface area (Å²) < 4.78 is 0. The van der Waals surface area contributed by atoms with Gasteiger partial charge in [0.15, 0.2) is 0 Å². The maximum Gasteiger partial charge on any atom is 0.246 e. The van der Waals surface area contributed by atoms with Crippen LogP contribution in [0.25, 0.3) is 11.3 Å². The van der Waals surface area contributed by atoms with E-state index in [1.54, 1.807) is 0 Å². The van der Waals surface area contributed by atoms with E-state index in [2.05, 4.69) is 58.9 Å². The zero-order chi connectivity index (χ0) is 23.9. The summed E-state index contributed by atoms with van der Waals surface area (Å²) >= 11 is 0. The van der Waals surface area contributed by atoms with Crippen molar-refractivity contribution in [2.45, 2.75) is 32.7 Å². The molecule has 4 rings (SSSR count). The lowest BCUT2D eigenvalue weighted by molar-refractivity contribution is -0.118. The smallest absolute Gasteiger partial charge is 0.246 e. The van der Waals surface area contributed by atoms with Crippen molar-refractivity contribution in [3.63, 3.8) is 0 Å². The fourth-order valence-electron chi connectivity index (χ4n) is 3.81. The molecule has 2 atom stereocenters. The van der Waals surface area contributed by atoms with Gasteiger partial charge in [-0.2, -0.15) is 10.2 Å². The van der Waals surface area contributed by atoms with Crippen molar-refractivity contribution < 1.29 is 4.79 Å². The minimum absolute atomic E-state index is 0.0924. The summed E-state index contributed by atoms with van der Waals surface area (Å²) in [5.41, 5.74) is 6.80. The van der Waals surface area contributed by atoms with Crippen LogP contribution in [0.4, 0.5) is 5.69 Å². The van der Waals surface area contributed by atoms with Crippen molar-refractivity contribution >= 4 is 11.6 Å².